The van der Waals surface area contributed by atoms with Gasteiger partial charge in [0.1, 0.15) is 0 Å². The maximum absolute atomic E-state index is 11.5. The van der Waals surface area contributed by atoms with Crippen LogP contribution < -0.4 is 0 Å². The molecule has 17 heavy (non-hydrogen) atoms. The minimum Gasteiger partial charge on any atom is -0.295 e. The Morgan fingerprint density at radius 3 is 2.53 bits per heavy atom. The van der Waals surface area contributed by atoms with Crippen molar-refractivity contribution in [3.05, 3.63) is 47.5 Å². The zero-order valence-electron chi connectivity index (χ0n) is 10.9. The number of carbonyl (C=O) groups is 1. The molecule has 0 aromatic heterocycles. The maximum atomic E-state index is 11.5. The standard InChI is InChI=1S/C16H22O/c1-3-4-10-16(17)13-14(2)11-12-15-8-6-5-7-9-15/h5-9,13H,3-4,10-12H2,1-2H3/b14-13-. The molecule has 0 amide bonds. The van der Waals surface area contributed by atoms with Crippen molar-refractivity contribution < 1.29 is 4.79 Å². The Morgan fingerprint density at radius 1 is 1.18 bits per heavy atom. The Labute approximate surface area is 105 Å². The Hall–Kier alpha value is -1.37. The first-order valence-electron chi connectivity index (χ1n) is 6.46. The first-order chi connectivity index (χ1) is 8.22. The van der Waals surface area contributed by atoms with E-state index in [4.69, 9.17) is 0 Å². The summed E-state index contributed by atoms with van der Waals surface area (Å²) in [6.45, 7) is 4.16. The van der Waals surface area contributed by atoms with Crippen molar-refractivity contribution >= 4 is 5.78 Å². The summed E-state index contributed by atoms with van der Waals surface area (Å²) in [5.41, 5.74) is 2.52. The molecule has 0 aliphatic carbocycles. The minimum absolute atomic E-state index is 0.275. The van der Waals surface area contributed by atoms with Crippen molar-refractivity contribution in [3.8, 4) is 0 Å². The van der Waals surface area contributed by atoms with Crippen molar-refractivity contribution in [1.29, 1.82) is 0 Å². The molecule has 0 heterocycles. The summed E-state index contributed by atoms with van der Waals surface area (Å²) in [7, 11) is 0. The van der Waals surface area contributed by atoms with Crippen LogP contribution in [0.25, 0.3) is 0 Å². The fourth-order valence-electron chi connectivity index (χ4n) is 1.76. The monoisotopic (exact) mass is 230 g/mol. The van der Waals surface area contributed by atoms with Crippen LogP contribution in [0.1, 0.15) is 45.1 Å². The normalized spacial score (nSPS) is 11.5. The van der Waals surface area contributed by atoms with Gasteiger partial charge in [-0.25, -0.2) is 0 Å². The summed E-state index contributed by atoms with van der Waals surface area (Å²) < 4.78 is 0. The van der Waals surface area contributed by atoms with E-state index in [0.29, 0.717) is 6.42 Å². The van der Waals surface area contributed by atoms with Gasteiger partial charge in [-0.2, -0.15) is 0 Å². The second-order valence-electron chi connectivity index (χ2n) is 4.55. The number of rotatable bonds is 7. The predicted molar refractivity (Wildman–Crippen MR) is 73.1 cm³/mol. The van der Waals surface area contributed by atoms with Crippen molar-refractivity contribution in [2.24, 2.45) is 0 Å². The highest BCUT2D eigenvalue weighted by Crippen LogP contribution is 2.09. The van der Waals surface area contributed by atoms with Crippen LogP contribution in [-0.2, 0) is 11.2 Å². The first-order valence-corrected chi connectivity index (χ1v) is 6.46. The molecule has 0 bridgehead atoms. The topological polar surface area (TPSA) is 17.1 Å². The Bertz CT molecular complexity index is 362. The van der Waals surface area contributed by atoms with E-state index in [0.717, 1.165) is 25.7 Å². The van der Waals surface area contributed by atoms with Gasteiger partial charge in [-0.3, -0.25) is 4.79 Å². The van der Waals surface area contributed by atoms with Gasteiger partial charge in [0, 0.05) is 6.42 Å². The molecule has 0 radical (unpaired) electrons. The van der Waals surface area contributed by atoms with Crippen LogP contribution in [0.5, 0.6) is 0 Å². The van der Waals surface area contributed by atoms with Crippen LogP contribution in [0, 0.1) is 0 Å². The zero-order valence-corrected chi connectivity index (χ0v) is 10.9. The SMILES string of the molecule is CCCCC(=O)/C=C(/C)CCc1ccccc1. The number of ketones is 1. The van der Waals surface area contributed by atoms with Gasteiger partial charge in [-0.1, -0.05) is 49.2 Å². The Morgan fingerprint density at radius 2 is 1.88 bits per heavy atom. The molecule has 0 saturated carbocycles. The zero-order chi connectivity index (χ0) is 12.5. The van der Waals surface area contributed by atoms with Gasteiger partial charge in [0.2, 0.25) is 0 Å². The Balaban J connectivity index is 2.36. The lowest BCUT2D eigenvalue weighted by Gasteiger charge is -2.02. The number of allylic oxidation sites excluding steroid dienone is 2. The molecule has 0 aliphatic heterocycles. The summed E-state index contributed by atoms with van der Waals surface area (Å²) >= 11 is 0. The van der Waals surface area contributed by atoms with Crippen LogP contribution >= 0.6 is 0 Å². The molecule has 1 heteroatoms. The third kappa shape index (κ3) is 6.06. The summed E-state index contributed by atoms with van der Waals surface area (Å²) in [4.78, 5) is 11.5. The highest BCUT2D eigenvalue weighted by molar-refractivity contribution is 5.90. The van der Waals surface area contributed by atoms with Crippen LogP contribution in [0.4, 0.5) is 0 Å². The Kier molecular flexibility index (Phi) is 6.31. The molecule has 1 aromatic rings. The van der Waals surface area contributed by atoms with E-state index in [2.05, 4.69) is 31.2 Å². The van der Waals surface area contributed by atoms with E-state index in [9.17, 15) is 4.79 Å². The van der Waals surface area contributed by atoms with Gasteiger partial charge in [-0.05, 0) is 37.8 Å². The molecule has 0 aliphatic rings. The fourth-order valence-corrected chi connectivity index (χ4v) is 1.76. The number of hydrogen-bond acceptors (Lipinski definition) is 1. The van der Waals surface area contributed by atoms with Crippen LogP contribution in [0.15, 0.2) is 42.0 Å². The van der Waals surface area contributed by atoms with Crippen LogP contribution in [0.3, 0.4) is 0 Å². The summed E-state index contributed by atoms with van der Waals surface area (Å²) in [6, 6.07) is 10.4. The smallest absolute Gasteiger partial charge is 0.155 e. The molecule has 1 rings (SSSR count). The second kappa shape index (κ2) is 7.83. The van der Waals surface area contributed by atoms with Gasteiger partial charge >= 0.3 is 0 Å². The largest absolute Gasteiger partial charge is 0.295 e. The van der Waals surface area contributed by atoms with E-state index >= 15 is 0 Å². The van der Waals surface area contributed by atoms with Gasteiger partial charge in [-0.15, -0.1) is 0 Å². The van der Waals surface area contributed by atoms with Gasteiger partial charge in [0.05, 0.1) is 0 Å². The highest BCUT2D eigenvalue weighted by atomic mass is 16.1. The first kappa shape index (κ1) is 13.7. The number of carbonyl (C=O) groups excluding carboxylic acids is 1. The molecule has 0 N–H and O–H groups in total. The van der Waals surface area contributed by atoms with Crippen LogP contribution in [-0.4, -0.2) is 5.78 Å². The fraction of sp³-hybridized carbons (Fsp3) is 0.438. The third-order valence-corrected chi connectivity index (χ3v) is 2.83. The van der Waals surface area contributed by atoms with E-state index in [1.807, 2.05) is 19.1 Å². The van der Waals surface area contributed by atoms with E-state index in [1.54, 1.807) is 0 Å². The minimum atomic E-state index is 0.275. The van der Waals surface area contributed by atoms with Crippen molar-refractivity contribution in [2.45, 2.75) is 46.0 Å². The lowest BCUT2D eigenvalue weighted by molar-refractivity contribution is -0.114. The highest BCUT2D eigenvalue weighted by Gasteiger charge is 1.99. The summed E-state index contributed by atoms with van der Waals surface area (Å²) in [5, 5.41) is 0. The molecule has 1 nitrogen and oxygen atoms in total. The number of hydrogen-bond donors (Lipinski definition) is 0. The lowest BCUT2D eigenvalue weighted by atomic mass is 10.0. The van der Waals surface area contributed by atoms with E-state index in [-0.39, 0.29) is 5.78 Å². The molecule has 0 unspecified atom stereocenters. The molecule has 92 valence electrons. The van der Waals surface area contributed by atoms with Crippen molar-refractivity contribution in [3.63, 3.8) is 0 Å². The predicted octanol–water partition coefficient (Wildman–Crippen LogP) is 4.32. The second-order valence-corrected chi connectivity index (χ2v) is 4.55. The number of benzene rings is 1. The molecule has 1 aromatic carbocycles. The van der Waals surface area contributed by atoms with Crippen LogP contribution in [0.2, 0.25) is 0 Å². The van der Waals surface area contributed by atoms with Gasteiger partial charge < -0.3 is 0 Å². The molecule has 0 saturated heterocycles. The summed E-state index contributed by atoms with van der Waals surface area (Å²) in [6.07, 6.45) is 6.59. The number of aryl methyl sites for hydroxylation is 1. The van der Waals surface area contributed by atoms with Crippen molar-refractivity contribution in [2.75, 3.05) is 0 Å². The molecule has 0 atom stereocenters. The van der Waals surface area contributed by atoms with Gasteiger partial charge in [0.25, 0.3) is 0 Å². The average molecular weight is 230 g/mol. The molecular weight excluding hydrogens is 208 g/mol. The van der Waals surface area contributed by atoms with E-state index < -0.39 is 0 Å². The third-order valence-electron chi connectivity index (χ3n) is 2.83. The lowest BCUT2D eigenvalue weighted by Crippen LogP contribution is -1.95. The quantitative estimate of drug-likeness (QED) is 0.637. The van der Waals surface area contributed by atoms with E-state index in [1.165, 1.54) is 11.1 Å². The molecule has 0 fully saturated rings. The van der Waals surface area contributed by atoms with Gasteiger partial charge in [0.15, 0.2) is 5.78 Å². The number of unbranched alkanes of at least 4 members (excludes halogenated alkanes) is 1. The van der Waals surface area contributed by atoms with Crippen molar-refractivity contribution in [1.82, 2.24) is 0 Å². The molecule has 0 spiro atoms. The average Bonchev–Trinajstić information content (AvgIpc) is 2.35. The summed E-state index contributed by atoms with van der Waals surface area (Å²) in [5.74, 6) is 0.275. The maximum Gasteiger partial charge on any atom is 0.155 e. The molecular formula is C16H22O.